The van der Waals surface area contributed by atoms with Crippen LogP contribution < -0.4 is 0 Å². The Morgan fingerprint density at radius 1 is 0.900 bits per heavy atom. The first-order valence-electron chi connectivity index (χ1n) is 5.70. The monoisotopic (exact) mass is 288 g/mol. The average molecular weight is 288 g/mol. The Morgan fingerprint density at radius 2 is 1.40 bits per heavy atom. The Bertz CT molecular complexity index is 374. The van der Waals surface area contributed by atoms with E-state index < -0.39 is 17.9 Å². The lowest BCUT2D eigenvalue weighted by atomic mass is 10.4. The molecule has 0 unspecified atom stereocenters. The summed E-state index contributed by atoms with van der Waals surface area (Å²) in [5.74, 6) is -2.96. The van der Waals surface area contributed by atoms with E-state index in [-0.39, 0.29) is 44.9 Å². The lowest BCUT2D eigenvalue weighted by Crippen LogP contribution is -2.23. The van der Waals surface area contributed by atoms with Crippen LogP contribution in [0, 0.1) is 0 Å². The molecule has 0 aliphatic rings. The largest absolute Gasteiger partial charge is 0.468 e. The van der Waals surface area contributed by atoms with Gasteiger partial charge in [0, 0.05) is 12.0 Å². The van der Waals surface area contributed by atoms with Crippen LogP contribution in [0.25, 0.3) is 0 Å². The quantitative estimate of drug-likeness (QED) is 0.143. The van der Waals surface area contributed by atoms with Crippen molar-refractivity contribution in [2.24, 2.45) is 0 Å². The predicted octanol–water partition coefficient (Wildman–Crippen LogP) is -0.245. The molecule has 0 atom stereocenters. The van der Waals surface area contributed by atoms with Crippen molar-refractivity contribution in [3.63, 3.8) is 0 Å². The van der Waals surface area contributed by atoms with Gasteiger partial charge in [0.25, 0.3) is 6.47 Å². The maximum atomic E-state index is 11.1. The van der Waals surface area contributed by atoms with Crippen LogP contribution in [0.3, 0.4) is 0 Å². The fourth-order valence-electron chi connectivity index (χ4n) is 0.865. The van der Waals surface area contributed by atoms with Crippen LogP contribution in [0.5, 0.6) is 0 Å². The molecule has 8 nitrogen and oxygen atoms in total. The number of carbonyl (C=O) groups is 4. The highest BCUT2D eigenvalue weighted by Gasteiger charge is 2.17. The Morgan fingerprint density at radius 3 is 1.90 bits per heavy atom. The van der Waals surface area contributed by atoms with E-state index in [2.05, 4.69) is 25.5 Å². The molecule has 0 aromatic heterocycles. The van der Waals surface area contributed by atoms with E-state index in [0.29, 0.717) is 0 Å². The zero-order valence-corrected chi connectivity index (χ0v) is 11.1. The van der Waals surface area contributed by atoms with Crippen molar-refractivity contribution in [2.75, 3.05) is 26.4 Å². The highest BCUT2D eigenvalue weighted by molar-refractivity contribution is 6.29. The van der Waals surface area contributed by atoms with Crippen molar-refractivity contribution in [1.82, 2.24) is 0 Å². The van der Waals surface area contributed by atoms with Gasteiger partial charge >= 0.3 is 17.9 Å². The maximum absolute atomic E-state index is 11.1. The summed E-state index contributed by atoms with van der Waals surface area (Å²) in [6, 6.07) is 0. The van der Waals surface area contributed by atoms with Crippen molar-refractivity contribution < 1.29 is 38.1 Å². The molecule has 0 fully saturated rings. The van der Waals surface area contributed by atoms with Crippen LogP contribution in [0.15, 0.2) is 12.2 Å². The summed E-state index contributed by atoms with van der Waals surface area (Å²) in [5.41, 5.74) is 0.216. The van der Waals surface area contributed by atoms with Gasteiger partial charge in [-0.3, -0.25) is 4.79 Å². The van der Waals surface area contributed by atoms with Crippen molar-refractivity contribution in [2.45, 2.75) is 13.3 Å². The van der Waals surface area contributed by atoms with Crippen molar-refractivity contribution in [3.05, 3.63) is 12.2 Å². The van der Waals surface area contributed by atoms with Crippen molar-refractivity contribution >= 4 is 24.4 Å². The lowest BCUT2D eigenvalue weighted by molar-refractivity contribution is -0.169. The summed E-state index contributed by atoms with van der Waals surface area (Å²) in [6.07, 6.45) is 0.272. The minimum absolute atomic E-state index is 0.0770. The normalized spacial score (nSPS) is 9.25. The molecule has 0 heterocycles. The molecule has 0 N–H and O–H groups in total. The molecule has 0 radical (unpaired) electrons. The van der Waals surface area contributed by atoms with Gasteiger partial charge in [0.05, 0.1) is 13.2 Å². The van der Waals surface area contributed by atoms with E-state index >= 15 is 0 Å². The molecule has 0 aromatic rings. The third-order valence-corrected chi connectivity index (χ3v) is 1.77. The number of carbonyl (C=O) groups excluding carboxylic acids is 4. The van der Waals surface area contributed by atoms with Crippen LogP contribution in [0.2, 0.25) is 0 Å². The molecular weight excluding hydrogens is 272 g/mol. The SMILES string of the molecule is C=C(C)C(=O)OCCOC(=O)C(=O)OCCCOC=O. The Kier molecular flexibility index (Phi) is 9.28. The lowest BCUT2D eigenvalue weighted by Gasteiger charge is -2.06. The van der Waals surface area contributed by atoms with Crippen LogP contribution in [-0.2, 0) is 38.1 Å². The van der Waals surface area contributed by atoms with Gasteiger partial charge < -0.3 is 18.9 Å². The van der Waals surface area contributed by atoms with E-state index in [0.717, 1.165) is 0 Å². The van der Waals surface area contributed by atoms with Crippen LogP contribution in [0.4, 0.5) is 0 Å². The summed E-state index contributed by atoms with van der Waals surface area (Å²) in [5, 5.41) is 0. The van der Waals surface area contributed by atoms with Crippen LogP contribution in [0.1, 0.15) is 13.3 Å². The van der Waals surface area contributed by atoms with E-state index in [1.54, 1.807) is 0 Å². The van der Waals surface area contributed by atoms with Gasteiger partial charge in [-0.2, -0.15) is 0 Å². The first-order valence-corrected chi connectivity index (χ1v) is 5.70. The predicted molar refractivity (Wildman–Crippen MR) is 64.3 cm³/mol. The molecule has 0 aliphatic heterocycles. The van der Waals surface area contributed by atoms with Crippen LogP contribution in [-0.4, -0.2) is 50.8 Å². The molecule has 112 valence electrons. The standard InChI is InChI=1S/C12H16O8/c1-9(2)10(14)19-6-7-20-12(16)11(15)18-5-3-4-17-8-13/h8H,1,3-7H2,2H3. The minimum Gasteiger partial charge on any atom is -0.468 e. The van der Waals surface area contributed by atoms with E-state index in [4.69, 9.17) is 0 Å². The number of esters is 3. The first kappa shape index (κ1) is 17.6. The second-order valence-electron chi connectivity index (χ2n) is 3.51. The van der Waals surface area contributed by atoms with E-state index in [9.17, 15) is 19.2 Å². The second-order valence-corrected chi connectivity index (χ2v) is 3.51. The summed E-state index contributed by atoms with van der Waals surface area (Å²) in [4.78, 5) is 42.9. The van der Waals surface area contributed by atoms with Gasteiger partial charge in [0.15, 0.2) is 0 Å². The zero-order valence-electron chi connectivity index (χ0n) is 11.1. The molecule has 0 amide bonds. The Labute approximate surface area is 115 Å². The number of hydrogen-bond donors (Lipinski definition) is 0. The highest BCUT2D eigenvalue weighted by Crippen LogP contribution is 1.93. The number of hydrogen-bond acceptors (Lipinski definition) is 8. The average Bonchev–Trinajstić information content (AvgIpc) is 2.42. The van der Waals surface area contributed by atoms with Gasteiger partial charge in [-0.15, -0.1) is 0 Å². The van der Waals surface area contributed by atoms with Crippen molar-refractivity contribution in [3.8, 4) is 0 Å². The fourth-order valence-corrected chi connectivity index (χ4v) is 0.865. The van der Waals surface area contributed by atoms with Gasteiger partial charge in [-0.05, 0) is 6.92 Å². The minimum atomic E-state index is -1.19. The molecule has 0 saturated carbocycles. The number of rotatable bonds is 9. The molecular formula is C12H16O8. The molecule has 0 bridgehead atoms. The molecule has 0 spiro atoms. The molecule has 8 heteroatoms. The third-order valence-electron chi connectivity index (χ3n) is 1.77. The van der Waals surface area contributed by atoms with Crippen LogP contribution >= 0.6 is 0 Å². The summed E-state index contributed by atoms with van der Waals surface area (Å²) < 4.78 is 18.0. The first-order chi connectivity index (χ1) is 9.49. The third kappa shape index (κ3) is 8.67. The highest BCUT2D eigenvalue weighted by atomic mass is 16.6. The van der Waals surface area contributed by atoms with Gasteiger partial charge in [0.2, 0.25) is 0 Å². The zero-order chi connectivity index (χ0) is 15.4. The van der Waals surface area contributed by atoms with Crippen molar-refractivity contribution in [1.29, 1.82) is 0 Å². The molecule has 0 saturated heterocycles. The summed E-state index contributed by atoms with van der Waals surface area (Å²) in [6.45, 7) is 4.67. The van der Waals surface area contributed by atoms with E-state index in [1.165, 1.54) is 6.92 Å². The van der Waals surface area contributed by atoms with Gasteiger partial charge in [0.1, 0.15) is 13.2 Å². The van der Waals surface area contributed by atoms with Gasteiger partial charge in [-0.1, -0.05) is 6.58 Å². The molecule has 20 heavy (non-hydrogen) atoms. The van der Waals surface area contributed by atoms with Gasteiger partial charge in [-0.25, -0.2) is 14.4 Å². The number of ether oxygens (including phenoxy) is 4. The Balaban J connectivity index is 3.65. The fraction of sp³-hybridized carbons (Fsp3) is 0.500. The smallest absolute Gasteiger partial charge is 0.417 e. The topological polar surface area (TPSA) is 105 Å². The van der Waals surface area contributed by atoms with E-state index in [1.807, 2.05) is 0 Å². The molecule has 0 aromatic carbocycles. The Hall–Kier alpha value is -2.38. The summed E-state index contributed by atoms with van der Waals surface area (Å²) in [7, 11) is 0. The molecule has 0 aliphatic carbocycles. The molecule has 0 rings (SSSR count). The maximum Gasteiger partial charge on any atom is 0.417 e. The summed E-state index contributed by atoms with van der Waals surface area (Å²) >= 11 is 0. The second kappa shape index (κ2) is 10.5.